The fourth-order valence-electron chi connectivity index (χ4n) is 0.643. The van der Waals surface area contributed by atoms with E-state index in [1.54, 1.807) is 0 Å². The Hall–Kier alpha value is -1.39. The number of carbonyl (C=O) groups is 1. The molecule has 5 heteroatoms. The molecule has 0 aromatic carbocycles. The molecule has 5 nitrogen and oxygen atoms in total. The van der Waals surface area contributed by atoms with Crippen LogP contribution in [0.3, 0.4) is 0 Å². The predicted octanol–water partition coefficient (Wildman–Crippen LogP) is -0.0897. The lowest BCUT2D eigenvalue weighted by Gasteiger charge is -1.97. The summed E-state index contributed by atoms with van der Waals surface area (Å²) in [5.41, 5.74) is 0. The Morgan fingerprint density at radius 3 is 3.18 bits per heavy atom. The van der Waals surface area contributed by atoms with Gasteiger partial charge in [-0.3, -0.25) is 9.89 Å². The second-order valence-electron chi connectivity index (χ2n) is 2.02. The number of aromatic nitrogens is 3. The molecule has 0 saturated carbocycles. The van der Waals surface area contributed by atoms with Crippen LogP contribution < -0.4 is 0 Å². The first-order valence-electron chi connectivity index (χ1n) is 3.26. The van der Waals surface area contributed by atoms with E-state index in [-0.39, 0.29) is 5.97 Å². The molecule has 0 fully saturated rings. The Morgan fingerprint density at radius 2 is 2.64 bits per heavy atom. The number of hydrogen-bond acceptors (Lipinski definition) is 4. The summed E-state index contributed by atoms with van der Waals surface area (Å²) in [6.45, 7) is 1.73. The SMILES string of the molecule is CC(=O)OCCc1ncn[nH]1. The van der Waals surface area contributed by atoms with Gasteiger partial charge in [0.15, 0.2) is 0 Å². The molecule has 60 valence electrons. The highest BCUT2D eigenvalue weighted by Crippen LogP contribution is 1.88. The summed E-state index contributed by atoms with van der Waals surface area (Å²) in [5, 5.41) is 6.30. The van der Waals surface area contributed by atoms with Crippen LogP contribution in [0.25, 0.3) is 0 Å². The van der Waals surface area contributed by atoms with Gasteiger partial charge < -0.3 is 4.74 Å². The highest BCUT2D eigenvalue weighted by atomic mass is 16.5. The molecule has 0 amide bonds. The van der Waals surface area contributed by atoms with Crippen molar-refractivity contribution in [3.63, 3.8) is 0 Å². The quantitative estimate of drug-likeness (QED) is 0.619. The third kappa shape index (κ3) is 2.79. The highest BCUT2D eigenvalue weighted by Gasteiger charge is 1.96. The van der Waals surface area contributed by atoms with Crippen LogP contribution in [-0.4, -0.2) is 27.8 Å². The third-order valence-electron chi connectivity index (χ3n) is 1.11. The fraction of sp³-hybridized carbons (Fsp3) is 0.500. The molecule has 0 spiro atoms. The van der Waals surface area contributed by atoms with E-state index in [1.165, 1.54) is 13.3 Å². The van der Waals surface area contributed by atoms with Gasteiger partial charge in [0.2, 0.25) is 0 Å². The van der Waals surface area contributed by atoms with Crippen molar-refractivity contribution in [3.8, 4) is 0 Å². The van der Waals surface area contributed by atoms with Crippen molar-refractivity contribution in [1.82, 2.24) is 15.2 Å². The topological polar surface area (TPSA) is 67.9 Å². The van der Waals surface area contributed by atoms with Crippen LogP contribution in [0.15, 0.2) is 6.33 Å². The van der Waals surface area contributed by atoms with Gasteiger partial charge in [-0.25, -0.2) is 4.98 Å². The van der Waals surface area contributed by atoms with E-state index in [1.807, 2.05) is 0 Å². The Bertz CT molecular complexity index is 220. The van der Waals surface area contributed by atoms with E-state index in [9.17, 15) is 4.79 Å². The number of nitrogens with one attached hydrogen (secondary N) is 1. The number of esters is 1. The molecular weight excluding hydrogens is 146 g/mol. The zero-order chi connectivity index (χ0) is 8.10. The van der Waals surface area contributed by atoms with Crippen LogP contribution in [0.5, 0.6) is 0 Å². The molecule has 1 heterocycles. The van der Waals surface area contributed by atoms with Gasteiger partial charge in [0.05, 0.1) is 6.61 Å². The minimum absolute atomic E-state index is 0.274. The van der Waals surface area contributed by atoms with Crippen LogP contribution in [0.1, 0.15) is 12.7 Å². The van der Waals surface area contributed by atoms with Crippen molar-refractivity contribution in [2.45, 2.75) is 13.3 Å². The number of nitrogens with zero attached hydrogens (tertiary/aromatic N) is 2. The van der Waals surface area contributed by atoms with Gasteiger partial charge in [-0.05, 0) is 0 Å². The summed E-state index contributed by atoms with van der Waals surface area (Å²) >= 11 is 0. The number of aromatic amines is 1. The van der Waals surface area contributed by atoms with E-state index >= 15 is 0 Å². The van der Waals surface area contributed by atoms with Crippen molar-refractivity contribution < 1.29 is 9.53 Å². The minimum atomic E-state index is -0.274. The molecule has 0 saturated heterocycles. The van der Waals surface area contributed by atoms with Gasteiger partial charge in [0.1, 0.15) is 12.2 Å². The first-order valence-corrected chi connectivity index (χ1v) is 3.26. The molecule has 0 aliphatic heterocycles. The molecule has 11 heavy (non-hydrogen) atoms. The van der Waals surface area contributed by atoms with Crippen molar-refractivity contribution in [2.75, 3.05) is 6.61 Å². The summed E-state index contributed by atoms with van der Waals surface area (Å²) in [5.74, 6) is 0.454. The van der Waals surface area contributed by atoms with Crippen LogP contribution in [0, 0.1) is 0 Å². The largest absolute Gasteiger partial charge is 0.465 e. The fourth-order valence-corrected chi connectivity index (χ4v) is 0.643. The average molecular weight is 155 g/mol. The first-order chi connectivity index (χ1) is 5.29. The Labute approximate surface area is 63.8 Å². The monoisotopic (exact) mass is 155 g/mol. The Kier molecular flexibility index (Phi) is 2.59. The van der Waals surface area contributed by atoms with Gasteiger partial charge >= 0.3 is 5.97 Å². The number of carbonyl (C=O) groups excluding carboxylic acids is 1. The van der Waals surface area contributed by atoms with Crippen molar-refractivity contribution in [1.29, 1.82) is 0 Å². The van der Waals surface area contributed by atoms with Crippen LogP contribution in [0.4, 0.5) is 0 Å². The zero-order valence-corrected chi connectivity index (χ0v) is 6.20. The highest BCUT2D eigenvalue weighted by molar-refractivity contribution is 5.65. The summed E-state index contributed by atoms with van der Waals surface area (Å²) in [6.07, 6.45) is 2.00. The number of rotatable bonds is 3. The van der Waals surface area contributed by atoms with Gasteiger partial charge in [-0.15, -0.1) is 0 Å². The van der Waals surface area contributed by atoms with Crippen molar-refractivity contribution in [2.24, 2.45) is 0 Å². The third-order valence-corrected chi connectivity index (χ3v) is 1.11. The van der Waals surface area contributed by atoms with Crippen LogP contribution in [0.2, 0.25) is 0 Å². The predicted molar refractivity (Wildman–Crippen MR) is 36.7 cm³/mol. The summed E-state index contributed by atoms with van der Waals surface area (Å²) in [4.78, 5) is 14.2. The van der Waals surface area contributed by atoms with E-state index < -0.39 is 0 Å². The van der Waals surface area contributed by atoms with E-state index in [0.29, 0.717) is 13.0 Å². The van der Waals surface area contributed by atoms with E-state index in [0.717, 1.165) is 5.82 Å². The lowest BCUT2D eigenvalue weighted by Crippen LogP contribution is -2.04. The number of ether oxygens (including phenoxy) is 1. The first kappa shape index (κ1) is 7.71. The average Bonchev–Trinajstić information content (AvgIpc) is 2.39. The number of hydrogen-bond donors (Lipinski definition) is 1. The molecule has 1 aromatic rings. The summed E-state index contributed by atoms with van der Waals surface area (Å²) < 4.78 is 4.69. The van der Waals surface area contributed by atoms with Crippen molar-refractivity contribution in [3.05, 3.63) is 12.2 Å². The Balaban J connectivity index is 2.19. The maximum absolute atomic E-state index is 10.3. The lowest BCUT2D eigenvalue weighted by molar-refractivity contribution is -0.140. The summed E-state index contributed by atoms with van der Waals surface area (Å²) in [6, 6.07) is 0. The molecule has 1 aromatic heterocycles. The van der Waals surface area contributed by atoms with Gasteiger partial charge in [-0.1, -0.05) is 0 Å². The normalized spacial score (nSPS) is 9.55. The Morgan fingerprint density at radius 1 is 1.82 bits per heavy atom. The minimum Gasteiger partial charge on any atom is -0.465 e. The summed E-state index contributed by atoms with van der Waals surface area (Å²) in [7, 11) is 0. The molecule has 0 aliphatic carbocycles. The maximum Gasteiger partial charge on any atom is 0.302 e. The van der Waals surface area contributed by atoms with Gasteiger partial charge in [-0.2, -0.15) is 5.10 Å². The lowest BCUT2D eigenvalue weighted by atomic mass is 10.4. The molecule has 1 rings (SSSR count). The van der Waals surface area contributed by atoms with E-state index in [4.69, 9.17) is 0 Å². The second kappa shape index (κ2) is 3.70. The zero-order valence-electron chi connectivity index (χ0n) is 6.20. The van der Waals surface area contributed by atoms with Crippen LogP contribution >= 0.6 is 0 Å². The number of H-pyrrole nitrogens is 1. The van der Waals surface area contributed by atoms with Crippen molar-refractivity contribution >= 4 is 5.97 Å². The molecular formula is C6H9N3O2. The standard InChI is InChI=1S/C6H9N3O2/c1-5(10)11-3-2-6-7-4-8-9-6/h4H,2-3H2,1H3,(H,7,8,9). The molecule has 0 atom stereocenters. The molecule has 0 unspecified atom stereocenters. The van der Waals surface area contributed by atoms with E-state index in [2.05, 4.69) is 19.9 Å². The van der Waals surface area contributed by atoms with Gasteiger partial charge in [0, 0.05) is 13.3 Å². The van der Waals surface area contributed by atoms with Crippen LogP contribution in [-0.2, 0) is 16.0 Å². The smallest absolute Gasteiger partial charge is 0.302 e. The molecule has 0 aliphatic rings. The maximum atomic E-state index is 10.3. The van der Waals surface area contributed by atoms with Gasteiger partial charge in [0.25, 0.3) is 0 Å². The molecule has 0 bridgehead atoms. The second-order valence-corrected chi connectivity index (χ2v) is 2.02. The molecule has 0 radical (unpaired) electrons. The molecule has 1 N–H and O–H groups in total.